The molecule has 1 saturated heterocycles. The third kappa shape index (κ3) is 3.87. The van der Waals surface area contributed by atoms with Crippen LogP contribution in [0.5, 0.6) is 0 Å². The van der Waals surface area contributed by atoms with E-state index in [1.165, 1.54) is 49.6 Å². The maximum Gasteiger partial charge on any atom is 0.0682 e. The van der Waals surface area contributed by atoms with Gasteiger partial charge >= 0.3 is 0 Å². The van der Waals surface area contributed by atoms with Crippen molar-refractivity contribution in [2.45, 2.75) is 50.6 Å². The molecule has 5 unspecified atom stereocenters. The van der Waals surface area contributed by atoms with E-state index in [2.05, 4.69) is 28.2 Å². The molecule has 0 bridgehead atoms. The number of H-pyrrole nitrogens is 1. The van der Waals surface area contributed by atoms with E-state index in [1.54, 1.807) is 0 Å². The zero-order valence-corrected chi connectivity index (χ0v) is 18.0. The molecule has 5 heteroatoms. The molecule has 0 spiro atoms. The first-order chi connectivity index (χ1) is 14.2. The Labute approximate surface area is 178 Å². The summed E-state index contributed by atoms with van der Waals surface area (Å²) in [6, 6.07) is 6.14. The third-order valence-electron chi connectivity index (χ3n) is 7.92. The standard InChI is InChI=1S/C24H34N2O2S/c27-14-16-5-6-23-21(11-16)17(12-25-23)15-29-10-9-26-8-7-19-18-3-1-2-4-20(18)24(28)22(19)13-26/h5-6,11-12,18-20,22,24-25,27-28H,1-4,7-10,13-15H2. The highest BCUT2D eigenvalue weighted by atomic mass is 32.2. The number of piperidine rings is 1. The minimum Gasteiger partial charge on any atom is -0.392 e. The fraction of sp³-hybridized carbons (Fsp3) is 0.667. The lowest BCUT2D eigenvalue weighted by atomic mass is 9.75. The molecule has 4 nitrogen and oxygen atoms in total. The van der Waals surface area contributed by atoms with Gasteiger partial charge in [-0.2, -0.15) is 11.8 Å². The topological polar surface area (TPSA) is 59.5 Å². The SMILES string of the molecule is OCc1ccc2[nH]cc(CSCCN3CCC4C(C3)C(O)C3CCCCC34)c2c1. The van der Waals surface area contributed by atoms with Crippen molar-refractivity contribution >= 4 is 22.7 Å². The zero-order chi connectivity index (χ0) is 19.8. The van der Waals surface area contributed by atoms with Crippen molar-refractivity contribution in [2.75, 3.05) is 25.4 Å². The van der Waals surface area contributed by atoms with E-state index in [-0.39, 0.29) is 12.7 Å². The molecule has 5 atom stereocenters. The molecule has 0 radical (unpaired) electrons. The number of aromatic amines is 1. The quantitative estimate of drug-likeness (QED) is 0.625. The van der Waals surface area contributed by atoms with Crippen molar-refractivity contribution in [2.24, 2.45) is 23.7 Å². The minimum absolute atomic E-state index is 0.0484. The number of nitrogens with one attached hydrogen (secondary N) is 1. The predicted molar refractivity (Wildman–Crippen MR) is 120 cm³/mol. The monoisotopic (exact) mass is 414 g/mol. The van der Waals surface area contributed by atoms with Crippen LogP contribution >= 0.6 is 11.8 Å². The molecule has 2 aromatic rings. The summed E-state index contributed by atoms with van der Waals surface area (Å²) in [4.78, 5) is 5.96. The molecule has 5 rings (SSSR count). The number of hydrogen-bond donors (Lipinski definition) is 3. The van der Waals surface area contributed by atoms with Crippen LogP contribution in [0, 0.1) is 23.7 Å². The van der Waals surface area contributed by atoms with Crippen LogP contribution in [0.25, 0.3) is 10.9 Å². The number of fused-ring (bicyclic) bond motifs is 4. The van der Waals surface area contributed by atoms with Crippen LogP contribution in [0.3, 0.4) is 0 Å². The summed E-state index contributed by atoms with van der Waals surface area (Å²) in [6.45, 7) is 3.54. The van der Waals surface area contributed by atoms with Crippen molar-refractivity contribution in [1.29, 1.82) is 0 Å². The lowest BCUT2D eigenvalue weighted by molar-refractivity contribution is 0.0387. The summed E-state index contributed by atoms with van der Waals surface area (Å²) < 4.78 is 0. The molecule has 2 heterocycles. The van der Waals surface area contributed by atoms with Gasteiger partial charge in [-0.05, 0) is 66.8 Å². The van der Waals surface area contributed by atoms with Gasteiger partial charge in [0, 0.05) is 47.6 Å². The fourth-order valence-electron chi connectivity index (χ4n) is 6.45. The van der Waals surface area contributed by atoms with Gasteiger partial charge in [-0.3, -0.25) is 0 Å². The second-order valence-electron chi connectivity index (χ2n) is 9.42. The highest BCUT2D eigenvalue weighted by Gasteiger charge is 2.51. The summed E-state index contributed by atoms with van der Waals surface area (Å²) in [6.07, 6.45) is 8.68. The fourth-order valence-corrected chi connectivity index (χ4v) is 7.44. The van der Waals surface area contributed by atoms with Crippen molar-refractivity contribution in [3.05, 3.63) is 35.5 Å². The molecule has 29 heavy (non-hydrogen) atoms. The number of rotatable bonds is 6. The Hall–Kier alpha value is -1.01. The second kappa shape index (κ2) is 8.62. The van der Waals surface area contributed by atoms with Crippen molar-refractivity contribution < 1.29 is 10.2 Å². The smallest absolute Gasteiger partial charge is 0.0682 e. The molecule has 3 N–H and O–H groups in total. The molecule has 2 saturated carbocycles. The molecule has 1 aromatic carbocycles. The van der Waals surface area contributed by atoms with Crippen LogP contribution in [-0.4, -0.2) is 51.6 Å². The first kappa shape index (κ1) is 19.9. The zero-order valence-electron chi connectivity index (χ0n) is 17.2. The normalized spacial score (nSPS) is 32.4. The largest absolute Gasteiger partial charge is 0.392 e. The van der Waals surface area contributed by atoms with E-state index in [0.29, 0.717) is 11.8 Å². The summed E-state index contributed by atoms with van der Waals surface area (Å²) in [5, 5.41) is 21.6. The van der Waals surface area contributed by atoms with Crippen LogP contribution < -0.4 is 0 Å². The van der Waals surface area contributed by atoms with E-state index >= 15 is 0 Å². The predicted octanol–water partition coefficient (Wildman–Crippen LogP) is 4.01. The van der Waals surface area contributed by atoms with E-state index in [1.807, 2.05) is 17.8 Å². The third-order valence-corrected chi connectivity index (χ3v) is 8.91. The highest BCUT2D eigenvalue weighted by Crippen LogP contribution is 2.52. The van der Waals surface area contributed by atoms with Crippen molar-refractivity contribution in [3.8, 4) is 0 Å². The lowest BCUT2D eigenvalue weighted by Gasteiger charge is -2.38. The van der Waals surface area contributed by atoms with E-state index in [0.717, 1.165) is 47.5 Å². The van der Waals surface area contributed by atoms with Crippen LogP contribution in [-0.2, 0) is 12.4 Å². The lowest BCUT2D eigenvalue weighted by Crippen LogP contribution is -2.43. The number of aliphatic hydroxyl groups excluding tert-OH is 2. The molecular weight excluding hydrogens is 380 g/mol. The van der Waals surface area contributed by atoms with Crippen molar-refractivity contribution in [3.63, 3.8) is 0 Å². The van der Waals surface area contributed by atoms with Crippen LogP contribution in [0.4, 0.5) is 0 Å². The Kier molecular flexibility index (Phi) is 5.92. The molecule has 0 amide bonds. The van der Waals surface area contributed by atoms with Gasteiger partial charge in [0.1, 0.15) is 0 Å². The molecule has 2 aliphatic carbocycles. The Morgan fingerprint density at radius 3 is 2.76 bits per heavy atom. The molecule has 1 aliphatic heterocycles. The number of thioether (sulfide) groups is 1. The summed E-state index contributed by atoms with van der Waals surface area (Å²) in [7, 11) is 0. The number of aromatic nitrogens is 1. The van der Waals surface area contributed by atoms with Gasteiger partial charge in [-0.25, -0.2) is 0 Å². The highest BCUT2D eigenvalue weighted by molar-refractivity contribution is 7.98. The van der Waals surface area contributed by atoms with Gasteiger partial charge in [-0.1, -0.05) is 18.9 Å². The van der Waals surface area contributed by atoms with Gasteiger partial charge in [-0.15, -0.1) is 0 Å². The Bertz CT molecular complexity index is 837. The van der Waals surface area contributed by atoms with E-state index in [4.69, 9.17) is 0 Å². The van der Waals surface area contributed by atoms with Crippen LogP contribution in [0.1, 0.15) is 43.2 Å². The molecule has 1 aromatic heterocycles. The minimum atomic E-state index is -0.0484. The number of aliphatic hydroxyl groups is 2. The van der Waals surface area contributed by atoms with Gasteiger partial charge in [0.15, 0.2) is 0 Å². The first-order valence-electron chi connectivity index (χ1n) is 11.4. The van der Waals surface area contributed by atoms with E-state index in [9.17, 15) is 10.2 Å². The van der Waals surface area contributed by atoms with Gasteiger partial charge in [0.2, 0.25) is 0 Å². The van der Waals surface area contributed by atoms with Gasteiger partial charge in [0.05, 0.1) is 12.7 Å². The number of nitrogens with zero attached hydrogens (tertiary/aromatic N) is 1. The Morgan fingerprint density at radius 1 is 1.07 bits per heavy atom. The van der Waals surface area contributed by atoms with Crippen LogP contribution in [0.15, 0.2) is 24.4 Å². The van der Waals surface area contributed by atoms with Gasteiger partial charge in [0.25, 0.3) is 0 Å². The second-order valence-corrected chi connectivity index (χ2v) is 10.5. The van der Waals surface area contributed by atoms with Crippen molar-refractivity contribution in [1.82, 2.24) is 9.88 Å². The van der Waals surface area contributed by atoms with Gasteiger partial charge < -0.3 is 20.1 Å². The molecule has 3 aliphatic rings. The molecule has 3 fully saturated rings. The maximum absolute atomic E-state index is 10.9. The number of hydrogen-bond acceptors (Lipinski definition) is 4. The number of benzene rings is 1. The Balaban J connectivity index is 1.13. The number of likely N-dealkylation sites (tertiary alicyclic amines) is 1. The molecular formula is C24H34N2O2S. The van der Waals surface area contributed by atoms with E-state index < -0.39 is 0 Å². The Morgan fingerprint density at radius 2 is 1.90 bits per heavy atom. The average Bonchev–Trinajstić information content (AvgIpc) is 3.30. The summed E-state index contributed by atoms with van der Waals surface area (Å²) in [5.74, 6) is 4.84. The maximum atomic E-state index is 10.9. The first-order valence-corrected chi connectivity index (χ1v) is 12.6. The summed E-state index contributed by atoms with van der Waals surface area (Å²) in [5.41, 5.74) is 3.45. The van der Waals surface area contributed by atoms with Crippen LogP contribution in [0.2, 0.25) is 0 Å². The molecule has 158 valence electrons. The average molecular weight is 415 g/mol. The summed E-state index contributed by atoms with van der Waals surface area (Å²) >= 11 is 1.99.